The van der Waals surface area contributed by atoms with E-state index in [4.69, 9.17) is 0 Å². The Bertz CT molecular complexity index is 819. The zero-order valence-electron chi connectivity index (χ0n) is 11.4. The lowest BCUT2D eigenvalue weighted by Crippen LogP contribution is -2.28. The van der Waals surface area contributed by atoms with Gasteiger partial charge in [0.05, 0.1) is 5.56 Å². The van der Waals surface area contributed by atoms with Crippen molar-refractivity contribution in [1.82, 2.24) is 14.9 Å². The Balaban J connectivity index is 1.79. The molecule has 2 aromatic heterocycles. The average molecular weight is 281 g/mol. The molecule has 0 fully saturated rings. The van der Waals surface area contributed by atoms with Crippen molar-refractivity contribution in [3.05, 3.63) is 70.8 Å². The van der Waals surface area contributed by atoms with Crippen LogP contribution in [0.5, 0.6) is 0 Å². The Morgan fingerprint density at radius 1 is 1.14 bits per heavy atom. The molecule has 0 bridgehead atoms. The number of hydrogen-bond acceptors (Lipinski definition) is 2. The van der Waals surface area contributed by atoms with Crippen molar-refractivity contribution in [2.75, 3.05) is 6.54 Å². The molecule has 2 N–H and O–H groups in total. The molecule has 3 aromatic rings. The summed E-state index contributed by atoms with van der Waals surface area (Å²) in [5, 5.41) is 3.59. The number of fused-ring (bicyclic) bond motifs is 1. The third kappa shape index (κ3) is 2.86. The minimum Gasteiger partial charge on any atom is -0.353 e. The van der Waals surface area contributed by atoms with Gasteiger partial charge in [0.1, 0.15) is 0 Å². The van der Waals surface area contributed by atoms with Gasteiger partial charge in [-0.2, -0.15) is 0 Å². The van der Waals surface area contributed by atoms with E-state index in [1.807, 2.05) is 47.3 Å². The first-order chi connectivity index (χ1) is 10.2. The minimum atomic E-state index is -0.274. The number of carbonyl (C=O) groups excluding carboxylic acids is 1. The number of para-hydroxylation sites is 1. The highest BCUT2D eigenvalue weighted by Crippen LogP contribution is 2.14. The Morgan fingerprint density at radius 3 is 2.71 bits per heavy atom. The van der Waals surface area contributed by atoms with Crippen LogP contribution >= 0.6 is 0 Å². The lowest BCUT2D eigenvalue weighted by molar-refractivity contribution is 0.0954. The fourth-order valence-electron chi connectivity index (χ4n) is 2.31. The zero-order chi connectivity index (χ0) is 14.7. The van der Waals surface area contributed by atoms with Crippen LogP contribution in [-0.2, 0) is 6.54 Å². The van der Waals surface area contributed by atoms with E-state index in [9.17, 15) is 9.59 Å². The first kappa shape index (κ1) is 13.2. The normalized spacial score (nSPS) is 10.7. The van der Waals surface area contributed by atoms with E-state index in [1.54, 1.807) is 6.07 Å². The summed E-state index contributed by atoms with van der Waals surface area (Å²) in [5.41, 5.74) is 0.798. The van der Waals surface area contributed by atoms with E-state index in [-0.39, 0.29) is 11.5 Å². The van der Waals surface area contributed by atoms with Crippen molar-refractivity contribution in [3.63, 3.8) is 0 Å². The average Bonchev–Trinajstić information content (AvgIpc) is 2.99. The van der Waals surface area contributed by atoms with Gasteiger partial charge in [-0.25, -0.2) is 0 Å². The van der Waals surface area contributed by atoms with Crippen LogP contribution in [0.2, 0.25) is 0 Å². The molecule has 21 heavy (non-hydrogen) atoms. The molecule has 2 heterocycles. The standard InChI is InChI=1S/C16H15N3O2/c20-15-11-13(12-5-1-2-6-14(12)18-15)16(21)17-7-10-19-8-3-4-9-19/h1-6,8-9,11H,7,10H2,(H,17,21)(H,18,20). The lowest BCUT2D eigenvalue weighted by atomic mass is 10.1. The molecule has 0 saturated heterocycles. The van der Waals surface area contributed by atoms with Crippen LogP contribution in [0, 0.1) is 0 Å². The second kappa shape index (κ2) is 5.66. The van der Waals surface area contributed by atoms with E-state index >= 15 is 0 Å². The molecule has 106 valence electrons. The van der Waals surface area contributed by atoms with Gasteiger partial charge in [0.15, 0.2) is 0 Å². The second-order valence-corrected chi connectivity index (χ2v) is 4.77. The second-order valence-electron chi connectivity index (χ2n) is 4.77. The van der Waals surface area contributed by atoms with Gasteiger partial charge < -0.3 is 14.9 Å². The topological polar surface area (TPSA) is 66.9 Å². The van der Waals surface area contributed by atoms with Crippen LogP contribution in [0.25, 0.3) is 10.9 Å². The summed E-state index contributed by atoms with van der Waals surface area (Å²) in [5.74, 6) is -0.232. The first-order valence-corrected chi connectivity index (χ1v) is 6.75. The van der Waals surface area contributed by atoms with Crippen LogP contribution < -0.4 is 10.9 Å². The number of benzene rings is 1. The van der Waals surface area contributed by atoms with Crippen LogP contribution in [0.3, 0.4) is 0 Å². The third-order valence-corrected chi connectivity index (χ3v) is 3.32. The maximum atomic E-state index is 12.3. The van der Waals surface area contributed by atoms with Crippen molar-refractivity contribution in [2.24, 2.45) is 0 Å². The number of nitrogens with zero attached hydrogens (tertiary/aromatic N) is 1. The van der Waals surface area contributed by atoms with E-state index in [1.165, 1.54) is 6.07 Å². The highest BCUT2D eigenvalue weighted by molar-refractivity contribution is 6.05. The van der Waals surface area contributed by atoms with Gasteiger partial charge in [-0.3, -0.25) is 9.59 Å². The van der Waals surface area contributed by atoms with E-state index in [0.717, 1.165) is 5.39 Å². The van der Waals surface area contributed by atoms with Crippen LogP contribution in [0.1, 0.15) is 10.4 Å². The molecule has 1 amide bonds. The molecule has 3 rings (SSSR count). The van der Waals surface area contributed by atoms with Crippen molar-refractivity contribution in [3.8, 4) is 0 Å². The predicted molar refractivity (Wildman–Crippen MR) is 81.3 cm³/mol. The summed E-state index contributed by atoms with van der Waals surface area (Å²) in [6, 6.07) is 12.5. The van der Waals surface area contributed by atoms with Crippen molar-refractivity contribution in [1.29, 1.82) is 0 Å². The summed E-state index contributed by atoms with van der Waals surface area (Å²) in [6.45, 7) is 1.20. The molecule has 0 radical (unpaired) electrons. The summed E-state index contributed by atoms with van der Waals surface area (Å²) in [4.78, 5) is 26.6. The highest BCUT2D eigenvalue weighted by Gasteiger charge is 2.10. The fourth-order valence-corrected chi connectivity index (χ4v) is 2.31. The van der Waals surface area contributed by atoms with Crippen molar-refractivity contribution < 1.29 is 4.79 Å². The Morgan fingerprint density at radius 2 is 1.90 bits per heavy atom. The molecule has 0 aliphatic rings. The fraction of sp³-hybridized carbons (Fsp3) is 0.125. The van der Waals surface area contributed by atoms with E-state index in [2.05, 4.69) is 10.3 Å². The number of aromatic amines is 1. The number of H-pyrrole nitrogens is 1. The Kier molecular flexibility index (Phi) is 3.55. The largest absolute Gasteiger partial charge is 0.353 e. The summed E-state index contributed by atoms with van der Waals surface area (Å²) < 4.78 is 1.98. The molecule has 0 saturated carbocycles. The maximum absolute atomic E-state index is 12.3. The molecule has 0 spiro atoms. The van der Waals surface area contributed by atoms with E-state index in [0.29, 0.717) is 24.2 Å². The van der Waals surface area contributed by atoms with Crippen LogP contribution in [0.4, 0.5) is 0 Å². The van der Waals surface area contributed by atoms with Gasteiger partial charge in [0.25, 0.3) is 5.91 Å². The van der Waals surface area contributed by atoms with Crippen LogP contribution in [-0.4, -0.2) is 22.0 Å². The first-order valence-electron chi connectivity index (χ1n) is 6.75. The quantitative estimate of drug-likeness (QED) is 0.765. The molecule has 0 atom stereocenters. The lowest BCUT2D eigenvalue weighted by Gasteiger charge is -2.08. The predicted octanol–water partition coefficient (Wildman–Crippen LogP) is 1.76. The highest BCUT2D eigenvalue weighted by atomic mass is 16.2. The Labute approximate surface area is 121 Å². The minimum absolute atomic E-state index is 0.232. The molecule has 0 aliphatic carbocycles. The summed E-state index contributed by atoms with van der Waals surface area (Å²) in [7, 11) is 0. The molecule has 1 aromatic carbocycles. The van der Waals surface area contributed by atoms with Gasteiger partial charge >= 0.3 is 0 Å². The van der Waals surface area contributed by atoms with Crippen molar-refractivity contribution in [2.45, 2.75) is 6.54 Å². The number of carbonyl (C=O) groups is 1. The summed E-state index contributed by atoms with van der Waals surface area (Å²) >= 11 is 0. The number of hydrogen-bond donors (Lipinski definition) is 2. The monoisotopic (exact) mass is 281 g/mol. The molecule has 0 unspecified atom stereocenters. The number of aromatic nitrogens is 2. The van der Waals surface area contributed by atoms with Gasteiger partial charge in [-0.15, -0.1) is 0 Å². The third-order valence-electron chi connectivity index (χ3n) is 3.32. The van der Waals surface area contributed by atoms with Gasteiger partial charge in [-0.05, 0) is 18.2 Å². The van der Waals surface area contributed by atoms with Gasteiger partial charge in [0.2, 0.25) is 5.56 Å². The SMILES string of the molecule is O=C(NCCn1cccc1)c1cc(=O)[nH]c2ccccc12. The molecule has 5 heteroatoms. The van der Waals surface area contributed by atoms with Crippen LogP contribution in [0.15, 0.2) is 59.7 Å². The molecular formula is C16H15N3O2. The molecule has 0 aliphatic heterocycles. The zero-order valence-corrected chi connectivity index (χ0v) is 11.4. The maximum Gasteiger partial charge on any atom is 0.252 e. The molecule has 5 nitrogen and oxygen atoms in total. The van der Waals surface area contributed by atoms with Crippen molar-refractivity contribution >= 4 is 16.8 Å². The number of rotatable bonds is 4. The number of amides is 1. The number of nitrogens with one attached hydrogen (secondary N) is 2. The van der Waals surface area contributed by atoms with Gasteiger partial charge in [-0.1, -0.05) is 18.2 Å². The molecular weight excluding hydrogens is 266 g/mol. The van der Waals surface area contributed by atoms with Gasteiger partial charge in [0, 0.05) is 42.5 Å². The Hall–Kier alpha value is -2.82. The smallest absolute Gasteiger partial charge is 0.252 e. The van der Waals surface area contributed by atoms with E-state index < -0.39 is 0 Å². The summed E-state index contributed by atoms with van der Waals surface area (Å²) in [6.07, 6.45) is 3.88. The number of pyridine rings is 1.